The van der Waals surface area contributed by atoms with Gasteiger partial charge in [0, 0.05) is 12.5 Å². The van der Waals surface area contributed by atoms with Crippen molar-refractivity contribution in [3.8, 4) is 0 Å². The highest BCUT2D eigenvalue weighted by atomic mass is 19.4. The molecule has 15 heavy (non-hydrogen) atoms. The van der Waals surface area contributed by atoms with Crippen molar-refractivity contribution in [2.45, 2.75) is 32.0 Å². The second-order valence-electron chi connectivity index (χ2n) is 3.57. The van der Waals surface area contributed by atoms with E-state index in [4.69, 9.17) is 5.73 Å². The van der Waals surface area contributed by atoms with Crippen LogP contribution >= 0.6 is 0 Å². The van der Waals surface area contributed by atoms with E-state index >= 15 is 0 Å². The Hall–Kier alpha value is -0.970. The lowest BCUT2D eigenvalue weighted by Gasteiger charge is -2.18. The van der Waals surface area contributed by atoms with E-state index in [0.29, 0.717) is 18.6 Å². The Kier molecular flexibility index (Phi) is 3.79. The quantitative estimate of drug-likeness (QED) is 0.794. The molecule has 1 aliphatic rings. The standard InChI is InChI=1S/C10H14F3NO/c1-7(14)8-2-4-9(5-3-8)15-6-10(11,12)13/h2,4,7H,3,5-6,14H2,1H3. The third-order valence-electron chi connectivity index (χ3n) is 2.15. The molecule has 0 heterocycles. The normalized spacial score (nSPS) is 19.3. The minimum atomic E-state index is -4.27. The number of hydrogen-bond acceptors (Lipinski definition) is 2. The lowest BCUT2D eigenvalue weighted by molar-refractivity contribution is -0.165. The molecule has 0 aromatic rings. The van der Waals surface area contributed by atoms with Gasteiger partial charge in [0.25, 0.3) is 0 Å². The van der Waals surface area contributed by atoms with Gasteiger partial charge in [0.05, 0.1) is 5.76 Å². The Bertz CT molecular complexity index is 279. The third-order valence-corrected chi connectivity index (χ3v) is 2.15. The van der Waals surface area contributed by atoms with Gasteiger partial charge < -0.3 is 10.5 Å². The second kappa shape index (κ2) is 4.70. The first-order valence-corrected chi connectivity index (χ1v) is 4.73. The maximum absolute atomic E-state index is 11.8. The molecule has 0 amide bonds. The Morgan fingerprint density at radius 1 is 1.40 bits per heavy atom. The van der Waals surface area contributed by atoms with Crippen LogP contribution < -0.4 is 5.73 Å². The van der Waals surface area contributed by atoms with E-state index in [9.17, 15) is 13.2 Å². The molecule has 1 rings (SSSR count). The molecule has 0 radical (unpaired) electrons. The van der Waals surface area contributed by atoms with Crippen LogP contribution in [0.2, 0.25) is 0 Å². The van der Waals surface area contributed by atoms with Crippen molar-refractivity contribution >= 4 is 0 Å². The number of hydrogen-bond donors (Lipinski definition) is 1. The Morgan fingerprint density at radius 3 is 2.47 bits per heavy atom. The average Bonchev–Trinajstić information content (AvgIpc) is 2.14. The third kappa shape index (κ3) is 4.38. The molecule has 1 aliphatic carbocycles. The predicted molar refractivity (Wildman–Crippen MR) is 51.1 cm³/mol. The van der Waals surface area contributed by atoms with Crippen molar-refractivity contribution in [1.29, 1.82) is 0 Å². The van der Waals surface area contributed by atoms with Crippen molar-refractivity contribution in [3.05, 3.63) is 23.5 Å². The van der Waals surface area contributed by atoms with E-state index in [1.165, 1.54) is 0 Å². The zero-order valence-corrected chi connectivity index (χ0v) is 8.47. The summed E-state index contributed by atoms with van der Waals surface area (Å²) in [5.41, 5.74) is 6.67. The largest absolute Gasteiger partial charge is 0.488 e. The molecule has 86 valence electrons. The fourth-order valence-electron chi connectivity index (χ4n) is 1.31. The first kappa shape index (κ1) is 12.1. The molecule has 0 bridgehead atoms. The monoisotopic (exact) mass is 221 g/mol. The SMILES string of the molecule is CC(N)C1=CC=C(OCC(F)(F)F)CC1. The molecule has 0 aliphatic heterocycles. The number of rotatable bonds is 3. The molecular weight excluding hydrogens is 207 g/mol. The van der Waals surface area contributed by atoms with Crippen molar-refractivity contribution in [2.24, 2.45) is 5.73 Å². The molecule has 0 saturated carbocycles. The maximum Gasteiger partial charge on any atom is 0.422 e. The topological polar surface area (TPSA) is 35.2 Å². The second-order valence-corrected chi connectivity index (χ2v) is 3.57. The summed E-state index contributed by atoms with van der Waals surface area (Å²) in [4.78, 5) is 0. The fraction of sp³-hybridized carbons (Fsp3) is 0.600. The molecule has 0 fully saturated rings. The van der Waals surface area contributed by atoms with Crippen LogP contribution in [0.4, 0.5) is 13.2 Å². The minimum Gasteiger partial charge on any atom is -0.488 e. The predicted octanol–water partition coefficient (Wildman–Crippen LogP) is 2.52. The van der Waals surface area contributed by atoms with Gasteiger partial charge in [-0.15, -0.1) is 0 Å². The summed E-state index contributed by atoms with van der Waals surface area (Å²) in [6.07, 6.45) is 0.185. The van der Waals surface area contributed by atoms with Gasteiger partial charge in [-0.05, 0) is 19.4 Å². The highest BCUT2D eigenvalue weighted by molar-refractivity contribution is 5.24. The van der Waals surface area contributed by atoms with E-state index in [1.54, 1.807) is 12.2 Å². The summed E-state index contributed by atoms with van der Waals surface area (Å²) in [5.74, 6) is 0.372. The van der Waals surface area contributed by atoms with E-state index in [-0.39, 0.29) is 6.04 Å². The van der Waals surface area contributed by atoms with E-state index in [2.05, 4.69) is 4.74 Å². The van der Waals surface area contributed by atoms with Crippen LogP contribution in [0.5, 0.6) is 0 Å². The molecule has 0 spiro atoms. The van der Waals surface area contributed by atoms with Crippen molar-refractivity contribution in [3.63, 3.8) is 0 Å². The van der Waals surface area contributed by atoms with E-state index < -0.39 is 12.8 Å². The first-order valence-electron chi connectivity index (χ1n) is 4.73. The Morgan fingerprint density at radius 2 is 2.07 bits per heavy atom. The number of allylic oxidation sites excluding steroid dienone is 3. The van der Waals surface area contributed by atoms with Crippen LogP contribution in [0.3, 0.4) is 0 Å². The molecule has 0 saturated heterocycles. The number of alkyl halides is 3. The van der Waals surface area contributed by atoms with Crippen molar-refractivity contribution in [1.82, 2.24) is 0 Å². The van der Waals surface area contributed by atoms with Crippen molar-refractivity contribution < 1.29 is 17.9 Å². The molecule has 0 aromatic heterocycles. The van der Waals surface area contributed by atoms with Gasteiger partial charge in [-0.3, -0.25) is 0 Å². The van der Waals surface area contributed by atoms with Gasteiger partial charge in [-0.2, -0.15) is 13.2 Å². The van der Waals surface area contributed by atoms with E-state index in [1.807, 2.05) is 6.92 Å². The lowest BCUT2D eigenvalue weighted by Crippen LogP contribution is -2.20. The Balaban J connectivity index is 2.47. The average molecular weight is 221 g/mol. The summed E-state index contributed by atoms with van der Waals surface area (Å²) in [7, 11) is 0. The first-order chi connectivity index (χ1) is 6.88. The summed E-state index contributed by atoms with van der Waals surface area (Å²) in [5, 5.41) is 0. The van der Waals surface area contributed by atoms with Crippen LogP contribution in [-0.4, -0.2) is 18.8 Å². The highest BCUT2D eigenvalue weighted by Crippen LogP contribution is 2.23. The molecule has 0 aromatic carbocycles. The summed E-state index contributed by atoms with van der Waals surface area (Å²) in [6.45, 7) is 0.626. The lowest BCUT2D eigenvalue weighted by atomic mass is 9.99. The highest BCUT2D eigenvalue weighted by Gasteiger charge is 2.28. The van der Waals surface area contributed by atoms with Crippen LogP contribution in [-0.2, 0) is 4.74 Å². The minimum absolute atomic E-state index is 0.0505. The van der Waals surface area contributed by atoms with Crippen LogP contribution in [0.1, 0.15) is 19.8 Å². The molecule has 2 nitrogen and oxygen atoms in total. The summed E-state index contributed by atoms with van der Waals surface area (Å²) < 4.78 is 40.1. The molecule has 1 unspecified atom stereocenters. The molecule has 2 N–H and O–H groups in total. The van der Waals surface area contributed by atoms with Gasteiger partial charge in [0.1, 0.15) is 0 Å². The van der Waals surface area contributed by atoms with Gasteiger partial charge in [-0.1, -0.05) is 11.6 Å². The van der Waals surface area contributed by atoms with Crippen LogP contribution in [0.15, 0.2) is 23.5 Å². The van der Waals surface area contributed by atoms with Crippen molar-refractivity contribution in [2.75, 3.05) is 6.61 Å². The molecular formula is C10H14F3NO. The zero-order chi connectivity index (χ0) is 11.5. The smallest absolute Gasteiger partial charge is 0.422 e. The zero-order valence-electron chi connectivity index (χ0n) is 8.47. The van der Waals surface area contributed by atoms with Gasteiger partial charge in [0.15, 0.2) is 6.61 Å². The van der Waals surface area contributed by atoms with Crippen LogP contribution in [0, 0.1) is 0 Å². The molecule has 5 heteroatoms. The van der Waals surface area contributed by atoms with Gasteiger partial charge in [-0.25, -0.2) is 0 Å². The Labute approximate surface area is 86.6 Å². The van der Waals surface area contributed by atoms with Crippen LogP contribution in [0.25, 0.3) is 0 Å². The number of nitrogens with two attached hydrogens (primary N) is 1. The van der Waals surface area contributed by atoms with Gasteiger partial charge in [0.2, 0.25) is 0 Å². The van der Waals surface area contributed by atoms with Gasteiger partial charge >= 0.3 is 6.18 Å². The molecule has 1 atom stereocenters. The summed E-state index contributed by atoms with van der Waals surface area (Å²) >= 11 is 0. The maximum atomic E-state index is 11.8. The fourth-order valence-corrected chi connectivity index (χ4v) is 1.31. The van der Waals surface area contributed by atoms with E-state index in [0.717, 1.165) is 5.57 Å². The number of halogens is 3. The number of ether oxygens (including phenoxy) is 1. The summed E-state index contributed by atoms with van der Waals surface area (Å²) in [6, 6.07) is -0.0505.